The molecule has 5 nitrogen and oxygen atoms in total. The molecule has 2 aromatic rings. The fourth-order valence-electron chi connectivity index (χ4n) is 4.57. The molecular formula is C20H23N3O2. The van der Waals surface area contributed by atoms with Crippen LogP contribution < -0.4 is 5.32 Å². The van der Waals surface area contributed by atoms with Crippen molar-refractivity contribution in [2.24, 2.45) is 5.92 Å². The maximum atomic E-state index is 12.8. The topological polar surface area (TPSA) is 57.4 Å². The minimum Gasteiger partial charge on any atom is -0.379 e. The average Bonchev–Trinajstić information content (AvgIpc) is 3.27. The van der Waals surface area contributed by atoms with Crippen LogP contribution >= 0.6 is 0 Å². The number of hydrogen-bond donors (Lipinski definition) is 2. The highest BCUT2D eigenvalue weighted by Crippen LogP contribution is 2.40. The summed E-state index contributed by atoms with van der Waals surface area (Å²) in [6, 6.07) is 6.94. The van der Waals surface area contributed by atoms with Gasteiger partial charge in [-0.25, -0.2) is 0 Å². The van der Waals surface area contributed by atoms with Gasteiger partial charge in [-0.15, -0.1) is 0 Å². The fourth-order valence-corrected chi connectivity index (χ4v) is 4.57. The van der Waals surface area contributed by atoms with Gasteiger partial charge in [-0.2, -0.15) is 0 Å². The van der Waals surface area contributed by atoms with E-state index in [1.807, 2.05) is 0 Å². The number of benzene rings is 1. The molecule has 1 fully saturated rings. The second-order valence-electron chi connectivity index (χ2n) is 7.50. The molecule has 3 heterocycles. The number of aromatic amines is 1. The van der Waals surface area contributed by atoms with E-state index in [1.165, 1.54) is 27.6 Å². The number of carbonyl (C=O) groups excluding carboxylic acids is 1. The van der Waals surface area contributed by atoms with Crippen molar-refractivity contribution in [1.29, 1.82) is 0 Å². The van der Waals surface area contributed by atoms with Crippen LogP contribution in [0, 0.1) is 5.92 Å². The molecule has 3 unspecified atom stereocenters. The molecule has 3 aliphatic rings. The van der Waals surface area contributed by atoms with Crippen molar-refractivity contribution in [1.82, 2.24) is 15.2 Å². The predicted octanol–water partition coefficient (Wildman–Crippen LogP) is 1.94. The lowest BCUT2D eigenvalue weighted by atomic mass is 9.80. The van der Waals surface area contributed by atoms with E-state index >= 15 is 0 Å². The highest BCUT2D eigenvalue weighted by molar-refractivity contribution is 5.99. The first-order valence-corrected chi connectivity index (χ1v) is 9.10. The number of likely N-dealkylation sites (N-methyl/N-ethyl adjacent to an activating group) is 1. The Morgan fingerprint density at radius 1 is 1.40 bits per heavy atom. The number of hydrogen-bond acceptors (Lipinski definition) is 3. The predicted molar refractivity (Wildman–Crippen MR) is 97.3 cm³/mol. The number of rotatable bonds is 2. The number of aromatic nitrogens is 1. The summed E-state index contributed by atoms with van der Waals surface area (Å²) in [4.78, 5) is 18.5. The number of ether oxygens (including phenoxy) is 1. The molecule has 0 saturated carbocycles. The third-order valence-corrected chi connectivity index (χ3v) is 5.88. The molecule has 5 rings (SSSR count). The van der Waals surface area contributed by atoms with Gasteiger partial charge in [0.15, 0.2) is 0 Å². The Bertz CT molecular complexity index is 863. The van der Waals surface area contributed by atoms with Gasteiger partial charge < -0.3 is 15.0 Å². The lowest BCUT2D eigenvalue weighted by Crippen LogP contribution is -2.48. The minimum atomic E-state index is -0.104. The smallest absolute Gasteiger partial charge is 0.228 e. The zero-order valence-corrected chi connectivity index (χ0v) is 14.4. The molecule has 2 N–H and O–H groups in total. The van der Waals surface area contributed by atoms with Gasteiger partial charge in [0.25, 0.3) is 0 Å². The molecule has 5 heteroatoms. The van der Waals surface area contributed by atoms with Crippen molar-refractivity contribution in [2.75, 3.05) is 26.8 Å². The molecule has 0 radical (unpaired) electrons. The molecule has 1 aromatic heterocycles. The largest absolute Gasteiger partial charge is 0.379 e. The van der Waals surface area contributed by atoms with E-state index in [9.17, 15) is 4.79 Å². The number of amides is 1. The first-order valence-electron chi connectivity index (χ1n) is 9.10. The Hall–Kier alpha value is -2.11. The zero-order chi connectivity index (χ0) is 17.0. The Morgan fingerprint density at radius 3 is 3.16 bits per heavy atom. The zero-order valence-electron chi connectivity index (χ0n) is 14.4. The monoisotopic (exact) mass is 337 g/mol. The van der Waals surface area contributed by atoms with Gasteiger partial charge >= 0.3 is 0 Å². The van der Waals surface area contributed by atoms with Gasteiger partial charge in [-0.1, -0.05) is 18.2 Å². The average molecular weight is 337 g/mol. The first-order chi connectivity index (χ1) is 12.2. The highest BCUT2D eigenvalue weighted by Gasteiger charge is 2.36. The van der Waals surface area contributed by atoms with Gasteiger partial charge in [0, 0.05) is 36.3 Å². The van der Waals surface area contributed by atoms with E-state index in [0.29, 0.717) is 12.6 Å². The third-order valence-electron chi connectivity index (χ3n) is 5.88. The summed E-state index contributed by atoms with van der Waals surface area (Å²) in [7, 11) is 2.13. The molecule has 1 saturated heterocycles. The van der Waals surface area contributed by atoms with Crippen molar-refractivity contribution in [3.63, 3.8) is 0 Å². The standard InChI is InChI=1S/C20H23N3O2/c1-23-10-13(20(24)22-14-5-6-25-11-14)7-16-15-3-2-4-17-19(15)12(9-21-17)8-18(16)23/h2-4,7,9,13-14,18,21H,5-6,8,10-11H2,1H3,(H,22,24). The molecular weight excluding hydrogens is 314 g/mol. The van der Waals surface area contributed by atoms with Crippen LogP contribution in [0.15, 0.2) is 30.5 Å². The Morgan fingerprint density at radius 2 is 2.32 bits per heavy atom. The summed E-state index contributed by atoms with van der Waals surface area (Å²) in [5.41, 5.74) is 5.14. The van der Waals surface area contributed by atoms with Crippen molar-refractivity contribution >= 4 is 22.4 Å². The van der Waals surface area contributed by atoms with E-state index < -0.39 is 0 Å². The second kappa shape index (κ2) is 5.71. The third kappa shape index (κ3) is 2.41. The van der Waals surface area contributed by atoms with Gasteiger partial charge in [0.2, 0.25) is 5.91 Å². The van der Waals surface area contributed by atoms with Crippen molar-refractivity contribution in [2.45, 2.75) is 24.9 Å². The Balaban J connectivity index is 1.51. The van der Waals surface area contributed by atoms with Gasteiger partial charge in [-0.05, 0) is 42.7 Å². The molecule has 0 spiro atoms. The Labute approximate surface area is 147 Å². The number of nitrogens with zero attached hydrogens (tertiary/aromatic N) is 1. The summed E-state index contributed by atoms with van der Waals surface area (Å²) in [6.07, 6.45) is 6.27. The summed E-state index contributed by atoms with van der Waals surface area (Å²) < 4.78 is 5.38. The van der Waals surface area contributed by atoms with Gasteiger partial charge in [0.05, 0.1) is 18.6 Å². The normalized spacial score (nSPS) is 28.7. The van der Waals surface area contributed by atoms with E-state index in [1.54, 1.807) is 0 Å². The molecule has 3 atom stereocenters. The van der Waals surface area contributed by atoms with Crippen molar-refractivity contribution in [3.8, 4) is 0 Å². The molecule has 0 bridgehead atoms. The van der Waals surface area contributed by atoms with E-state index in [4.69, 9.17) is 4.74 Å². The van der Waals surface area contributed by atoms with Gasteiger partial charge in [-0.3, -0.25) is 9.69 Å². The summed E-state index contributed by atoms with van der Waals surface area (Å²) >= 11 is 0. The lowest BCUT2D eigenvalue weighted by Gasteiger charge is -2.39. The number of carbonyl (C=O) groups is 1. The fraction of sp³-hybridized carbons (Fsp3) is 0.450. The van der Waals surface area contributed by atoms with Crippen LogP contribution in [-0.2, 0) is 16.0 Å². The Kier molecular flexibility index (Phi) is 3.47. The molecule has 1 aliphatic carbocycles. The molecule has 2 aliphatic heterocycles. The van der Waals surface area contributed by atoms with E-state index in [2.05, 4.69) is 52.7 Å². The van der Waals surface area contributed by atoms with Crippen LogP contribution in [0.4, 0.5) is 0 Å². The van der Waals surface area contributed by atoms with E-state index in [0.717, 1.165) is 26.0 Å². The summed E-state index contributed by atoms with van der Waals surface area (Å²) in [6.45, 7) is 2.15. The number of H-pyrrole nitrogens is 1. The molecule has 130 valence electrons. The first kappa shape index (κ1) is 15.2. The molecule has 1 aromatic carbocycles. The van der Waals surface area contributed by atoms with Crippen LogP contribution in [0.1, 0.15) is 17.5 Å². The lowest BCUT2D eigenvalue weighted by molar-refractivity contribution is -0.125. The SMILES string of the molecule is CN1CC(C(=O)NC2CCOC2)C=C2c3cccc4[nH]cc(c34)CC21. The summed E-state index contributed by atoms with van der Waals surface area (Å²) in [5, 5.41) is 4.49. The van der Waals surface area contributed by atoms with Crippen LogP contribution in [-0.4, -0.2) is 54.7 Å². The number of nitrogens with one attached hydrogen (secondary N) is 2. The quantitative estimate of drug-likeness (QED) is 0.881. The van der Waals surface area contributed by atoms with Crippen LogP contribution in [0.3, 0.4) is 0 Å². The van der Waals surface area contributed by atoms with Crippen LogP contribution in [0.2, 0.25) is 0 Å². The molecule has 25 heavy (non-hydrogen) atoms. The number of fused-ring (bicyclic) bond motifs is 2. The molecule has 1 amide bonds. The van der Waals surface area contributed by atoms with E-state index in [-0.39, 0.29) is 17.9 Å². The van der Waals surface area contributed by atoms with Gasteiger partial charge in [0.1, 0.15) is 0 Å². The highest BCUT2D eigenvalue weighted by atomic mass is 16.5. The second-order valence-corrected chi connectivity index (χ2v) is 7.50. The van der Waals surface area contributed by atoms with Crippen LogP contribution in [0.25, 0.3) is 16.5 Å². The van der Waals surface area contributed by atoms with Crippen LogP contribution in [0.5, 0.6) is 0 Å². The van der Waals surface area contributed by atoms with Crippen molar-refractivity contribution < 1.29 is 9.53 Å². The minimum absolute atomic E-state index is 0.104. The maximum absolute atomic E-state index is 12.8. The van der Waals surface area contributed by atoms with Crippen molar-refractivity contribution in [3.05, 3.63) is 41.6 Å². The maximum Gasteiger partial charge on any atom is 0.228 e. The summed E-state index contributed by atoms with van der Waals surface area (Å²) in [5.74, 6) is 0.0212.